The number of nitrogens with one attached hydrogen (secondary N) is 1. The van der Waals surface area contributed by atoms with Crippen LogP contribution in [0.1, 0.15) is 17.5 Å². The minimum atomic E-state index is -0.770. The summed E-state index contributed by atoms with van der Waals surface area (Å²) in [6, 6.07) is 9.64. The molecule has 3 nitrogen and oxygen atoms in total. The second-order valence-electron chi connectivity index (χ2n) is 5.80. The van der Waals surface area contributed by atoms with Crippen LogP contribution < -0.4 is 10.2 Å². The highest BCUT2D eigenvalue weighted by atomic mass is 19.1. The van der Waals surface area contributed by atoms with Crippen molar-refractivity contribution in [1.82, 2.24) is 0 Å². The van der Waals surface area contributed by atoms with E-state index >= 15 is 0 Å². The number of carbonyl (C=O) groups excluding carboxylic acids is 1. The Morgan fingerprint density at radius 3 is 2.70 bits per heavy atom. The Morgan fingerprint density at radius 2 is 1.96 bits per heavy atom. The molecule has 1 N–H and O–H groups in total. The molecule has 1 amide bonds. The molecule has 0 aliphatic carbocycles. The standard InChI is InChI=1S/C18H18F2N2O/c1-12-7-8-16-13(10-12)4-3-9-22(16)11-17(23)21-18-14(19)5-2-6-15(18)20/h2,5-8,10H,3-4,9,11H2,1H3,(H,21,23). The molecule has 0 saturated heterocycles. The average Bonchev–Trinajstić information content (AvgIpc) is 2.51. The second kappa shape index (κ2) is 6.36. The number of amides is 1. The van der Waals surface area contributed by atoms with Crippen LogP contribution in [0.15, 0.2) is 36.4 Å². The molecule has 0 aromatic heterocycles. The quantitative estimate of drug-likeness (QED) is 0.937. The van der Waals surface area contributed by atoms with Crippen molar-refractivity contribution in [2.45, 2.75) is 19.8 Å². The summed E-state index contributed by atoms with van der Waals surface area (Å²) in [5, 5.41) is 2.34. The first-order chi connectivity index (χ1) is 11.0. The fourth-order valence-electron chi connectivity index (χ4n) is 2.94. The van der Waals surface area contributed by atoms with E-state index in [4.69, 9.17) is 0 Å². The fraction of sp³-hybridized carbons (Fsp3) is 0.278. The molecule has 1 aliphatic rings. The molecular weight excluding hydrogens is 298 g/mol. The van der Waals surface area contributed by atoms with Gasteiger partial charge in [-0.2, -0.15) is 0 Å². The highest BCUT2D eigenvalue weighted by molar-refractivity contribution is 5.94. The zero-order valence-electron chi connectivity index (χ0n) is 12.9. The lowest BCUT2D eigenvalue weighted by Crippen LogP contribution is -2.37. The van der Waals surface area contributed by atoms with E-state index in [-0.39, 0.29) is 6.54 Å². The maximum atomic E-state index is 13.6. The van der Waals surface area contributed by atoms with Crippen LogP contribution in [0, 0.1) is 18.6 Å². The highest BCUT2D eigenvalue weighted by Crippen LogP contribution is 2.28. The maximum absolute atomic E-state index is 13.6. The third-order valence-corrected chi connectivity index (χ3v) is 4.01. The summed E-state index contributed by atoms with van der Waals surface area (Å²) in [7, 11) is 0. The number of aryl methyl sites for hydroxylation is 2. The van der Waals surface area contributed by atoms with Crippen molar-refractivity contribution in [2.75, 3.05) is 23.3 Å². The van der Waals surface area contributed by atoms with Crippen molar-refractivity contribution in [1.29, 1.82) is 0 Å². The SMILES string of the molecule is Cc1ccc2c(c1)CCCN2CC(=O)Nc1c(F)cccc1F. The molecule has 3 rings (SSSR count). The molecule has 0 unspecified atom stereocenters. The van der Waals surface area contributed by atoms with E-state index in [1.807, 2.05) is 24.0 Å². The number of fused-ring (bicyclic) bond motifs is 1. The van der Waals surface area contributed by atoms with Gasteiger partial charge in [0, 0.05) is 12.2 Å². The van der Waals surface area contributed by atoms with E-state index in [0.29, 0.717) is 0 Å². The molecule has 120 valence electrons. The van der Waals surface area contributed by atoms with Crippen LogP contribution in [0.3, 0.4) is 0 Å². The number of hydrogen-bond donors (Lipinski definition) is 1. The summed E-state index contributed by atoms with van der Waals surface area (Å²) in [5.74, 6) is -1.97. The van der Waals surface area contributed by atoms with Crippen molar-refractivity contribution in [3.8, 4) is 0 Å². The van der Waals surface area contributed by atoms with Gasteiger partial charge in [-0.1, -0.05) is 23.8 Å². The van der Waals surface area contributed by atoms with Crippen LogP contribution >= 0.6 is 0 Å². The first-order valence-electron chi connectivity index (χ1n) is 7.63. The molecule has 0 saturated carbocycles. The topological polar surface area (TPSA) is 32.3 Å². The van der Waals surface area contributed by atoms with Gasteiger partial charge in [0.2, 0.25) is 5.91 Å². The smallest absolute Gasteiger partial charge is 0.244 e. The minimum Gasteiger partial charge on any atom is -0.362 e. The van der Waals surface area contributed by atoms with Gasteiger partial charge in [-0.05, 0) is 43.5 Å². The van der Waals surface area contributed by atoms with E-state index in [1.54, 1.807) is 0 Å². The maximum Gasteiger partial charge on any atom is 0.244 e. The lowest BCUT2D eigenvalue weighted by molar-refractivity contribution is -0.115. The van der Waals surface area contributed by atoms with Gasteiger partial charge in [0.05, 0.1) is 6.54 Å². The molecule has 23 heavy (non-hydrogen) atoms. The van der Waals surface area contributed by atoms with E-state index in [9.17, 15) is 13.6 Å². The van der Waals surface area contributed by atoms with Crippen LogP contribution in [0.5, 0.6) is 0 Å². The minimum absolute atomic E-state index is 0.0732. The largest absolute Gasteiger partial charge is 0.362 e. The van der Waals surface area contributed by atoms with Crippen LogP contribution in [0.4, 0.5) is 20.2 Å². The van der Waals surface area contributed by atoms with Gasteiger partial charge in [-0.3, -0.25) is 4.79 Å². The number of para-hydroxylation sites is 1. The van der Waals surface area contributed by atoms with Crippen LogP contribution in [0.2, 0.25) is 0 Å². The van der Waals surface area contributed by atoms with E-state index in [1.165, 1.54) is 17.2 Å². The lowest BCUT2D eigenvalue weighted by Gasteiger charge is -2.31. The molecule has 0 radical (unpaired) electrons. The number of benzene rings is 2. The zero-order chi connectivity index (χ0) is 16.4. The van der Waals surface area contributed by atoms with Gasteiger partial charge in [0.15, 0.2) is 0 Å². The van der Waals surface area contributed by atoms with Gasteiger partial charge in [0.25, 0.3) is 0 Å². The van der Waals surface area contributed by atoms with Gasteiger partial charge >= 0.3 is 0 Å². The summed E-state index contributed by atoms with van der Waals surface area (Å²) in [5.41, 5.74) is 3.02. The molecule has 5 heteroatoms. The van der Waals surface area contributed by atoms with Crippen LogP contribution in [0.25, 0.3) is 0 Å². The predicted octanol–water partition coefficient (Wildman–Crippen LogP) is 3.66. The predicted molar refractivity (Wildman–Crippen MR) is 86.7 cm³/mol. The summed E-state index contributed by atoms with van der Waals surface area (Å²) in [6.45, 7) is 2.86. The Kier molecular flexibility index (Phi) is 4.28. The third kappa shape index (κ3) is 3.33. The van der Waals surface area contributed by atoms with Gasteiger partial charge < -0.3 is 10.2 Å². The summed E-state index contributed by atoms with van der Waals surface area (Å²) in [6.07, 6.45) is 1.94. The number of rotatable bonds is 3. The average molecular weight is 316 g/mol. The summed E-state index contributed by atoms with van der Waals surface area (Å²) in [4.78, 5) is 14.1. The molecule has 0 bridgehead atoms. The molecule has 0 fully saturated rings. The molecule has 1 heterocycles. The summed E-state index contributed by atoms with van der Waals surface area (Å²) >= 11 is 0. The summed E-state index contributed by atoms with van der Waals surface area (Å²) < 4.78 is 27.2. The second-order valence-corrected chi connectivity index (χ2v) is 5.80. The number of anilines is 2. The van der Waals surface area contributed by atoms with Crippen molar-refractivity contribution < 1.29 is 13.6 Å². The zero-order valence-corrected chi connectivity index (χ0v) is 12.9. The van der Waals surface area contributed by atoms with Crippen molar-refractivity contribution in [2.24, 2.45) is 0 Å². The van der Waals surface area contributed by atoms with Crippen molar-refractivity contribution >= 4 is 17.3 Å². The van der Waals surface area contributed by atoms with Crippen molar-refractivity contribution in [3.63, 3.8) is 0 Å². The van der Waals surface area contributed by atoms with E-state index in [2.05, 4.69) is 11.4 Å². The number of hydrogen-bond acceptors (Lipinski definition) is 2. The molecule has 0 spiro atoms. The Labute approximate surface area is 133 Å². The molecule has 2 aromatic carbocycles. The van der Waals surface area contributed by atoms with Gasteiger partial charge in [-0.15, -0.1) is 0 Å². The molecule has 2 aromatic rings. The Hall–Kier alpha value is -2.43. The van der Waals surface area contributed by atoms with Crippen LogP contribution in [-0.4, -0.2) is 19.0 Å². The Bertz CT molecular complexity index is 726. The Balaban J connectivity index is 1.75. The van der Waals surface area contributed by atoms with E-state index in [0.717, 1.165) is 37.2 Å². The number of halogens is 2. The Morgan fingerprint density at radius 1 is 1.22 bits per heavy atom. The van der Waals surface area contributed by atoms with Crippen molar-refractivity contribution in [3.05, 3.63) is 59.2 Å². The van der Waals surface area contributed by atoms with Crippen LogP contribution in [-0.2, 0) is 11.2 Å². The normalized spacial score (nSPS) is 13.6. The highest BCUT2D eigenvalue weighted by Gasteiger charge is 2.20. The number of nitrogens with zero attached hydrogens (tertiary/aromatic N) is 1. The first-order valence-corrected chi connectivity index (χ1v) is 7.63. The molecule has 0 atom stereocenters. The molecular formula is C18H18F2N2O. The molecule has 1 aliphatic heterocycles. The fourth-order valence-corrected chi connectivity index (χ4v) is 2.94. The number of carbonyl (C=O) groups is 1. The van der Waals surface area contributed by atoms with Gasteiger partial charge in [-0.25, -0.2) is 8.78 Å². The lowest BCUT2D eigenvalue weighted by atomic mass is 9.99. The third-order valence-electron chi connectivity index (χ3n) is 4.01. The van der Waals surface area contributed by atoms with E-state index < -0.39 is 23.2 Å². The monoisotopic (exact) mass is 316 g/mol. The van der Waals surface area contributed by atoms with Gasteiger partial charge in [0.1, 0.15) is 17.3 Å². The first kappa shape index (κ1) is 15.5.